The Kier molecular flexibility index (Phi) is 4.59. The van der Waals surface area contributed by atoms with Gasteiger partial charge < -0.3 is 14.6 Å². The molecule has 0 spiro atoms. The van der Waals surface area contributed by atoms with Gasteiger partial charge in [0.25, 0.3) is 0 Å². The van der Waals surface area contributed by atoms with Gasteiger partial charge in [0.15, 0.2) is 0 Å². The van der Waals surface area contributed by atoms with Crippen LogP contribution in [0, 0.1) is 11.3 Å². The molecule has 128 valence electrons. The van der Waals surface area contributed by atoms with Gasteiger partial charge >= 0.3 is 0 Å². The summed E-state index contributed by atoms with van der Waals surface area (Å²) >= 11 is 6.05. The van der Waals surface area contributed by atoms with Crippen LogP contribution in [0.25, 0.3) is 0 Å². The molecule has 0 radical (unpaired) electrons. The lowest BCUT2D eigenvalue weighted by atomic mass is 9.75. The molecule has 2 atom stereocenters. The highest BCUT2D eigenvalue weighted by Crippen LogP contribution is 2.43. The third kappa shape index (κ3) is 2.85. The van der Waals surface area contributed by atoms with Gasteiger partial charge in [0, 0.05) is 31.0 Å². The molecule has 3 rings (SSSR count). The Hall–Kier alpha value is -0.860. The van der Waals surface area contributed by atoms with Crippen LogP contribution in [-0.4, -0.2) is 57.8 Å². The monoisotopic (exact) mass is 361 g/mol. The number of nitrogens with zero attached hydrogens (tertiary/aromatic N) is 1. The number of sulfonamides is 1. The Morgan fingerprint density at radius 1 is 1.52 bits per heavy atom. The number of methoxy groups -OCH3 is 1. The second kappa shape index (κ2) is 6.22. The highest BCUT2D eigenvalue weighted by molar-refractivity contribution is 7.89. The highest BCUT2D eigenvalue weighted by Gasteiger charge is 2.51. The largest absolute Gasteiger partial charge is 0.495 e. The lowest BCUT2D eigenvalue weighted by molar-refractivity contribution is -0.0414. The molecule has 0 amide bonds. The molecule has 1 N–H and O–H groups in total. The molecule has 2 heterocycles. The summed E-state index contributed by atoms with van der Waals surface area (Å²) in [7, 11) is -2.19. The number of aliphatic hydroxyl groups is 1. The molecular weight excluding hydrogens is 342 g/mol. The van der Waals surface area contributed by atoms with Crippen molar-refractivity contribution < 1.29 is 23.0 Å². The number of hydrogen-bond acceptors (Lipinski definition) is 5. The van der Waals surface area contributed by atoms with Gasteiger partial charge in [-0.1, -0.05) is 11.6 Å². The van der Waals surface area contributed by atoms with Crippen LogP contribution in [0.5, 0.6) is 5.75 Å². The van der Waals surface area contributed by atoms with Crippen molar-refractivity contribution in [3.05, 3.63) is 23.2 Å². The van der Waals surface area contributed by atoms with Crippen molar-refractivity contribution in [3.63, 3.8) is 0 Å². The molecule has 2 aliphatic rings. The Labute approximate surface area is 141 Å². The normalized spacial score (nSPS) is 28.6. The van der Waals surface area contributed by atoms with Gasteiger partial charge in [-0.25, -0.2) is 8.42 Å². The summed E-state index contributed by atoms with van der Waals surface area (Å²) < 4.78 is 37.7. The Balaban J connectivity index is 1.90. The van der Waals surface area contributed by atoms with Crippen LogP contribution in [-0.2, 0) is 14.8 Å². The van der Waals surface area contributed by atoms with Crippen LogP contribution in [0.15, 0.2) is 23.1 Å². The maximum Gasteiger partial charge on any atom is 0.243 e. The van der Waals surface area contributed by atoms with Gasteiger partial charge in [-0.3, -0.25) is 0 Å². The minimum atomic E-state index is -3.67. The lowest BCUT2D eigenvalue weighted by Crippen LogP contribution is -2.41. The third-order valence-corrected chi connectivity index (χ3v) is 7.02. The van der Waals surface area contributed by atoms with Crippen LogP contribution in [0.2, 0.25) is 5.02 Å². The maximum atomic E-state index is 12.9. The van der Waals surface area contributed by atoms with Gasteiger partial charge in [-0.2, -0.15) is 4.31 Å². The van der Waals surface area contributed by atoms with Crippen LogP contribution < -0.4 is 4.74 Å². The molecule has 2 saturated heterocycles. The molecule has 0 unspecified atom stereocenters. The molecule has 6 nitrogen and oxygen atoms in total. The molecule has 0 saturated carbocycles. The van der Waals surface area contributed by atoms with E-state index in [1.165, 1.54) is 23.5 Å². The van der Waals surface area contributed by atoms with Crippen molar-refractivity contribution in [1.82, 2.24) is 4.31 Å². The molecule has 8 heteroatoms. The van der Waals surface area contributed by atoms with E-state index >= 15 is 0 Å². The summed E-state index contributed by atoms with van der Waals surface area (Å²) in [5.74, 6) is 0.450. The number of fused-ring (bicyclic) bond motifs is 1. The highest BCUT2D eigenvalue weighted by atomic mass is 35.5. The summed E-state index contributed by atoms with van der Waals surface area (Å²) in [6, 6.07) is 4.44. The van der Waals surface area contributed by atoms with Crippen molar-refractivity contribution in [3.8, 4) is 5.75 Å². The number of aliphatic hydroxyl groups excluding tert-OH is 1. The zero-order chi connectivity index (χ0) is 16.7. The van der Waals surface area contributed by atoms with E-state index in [1.54, 1.807) is 6.07 Å². The number of benzene rings is 1. The molecule has 0 bridgehead atoms. The van der Waals surface area contributed by atoms with Crippen LogP contribution in [0.4, 0.5) is 0 Å². The summed E-state index contributed by atoms with van der Waals surface area (Å²) in [5.41, 5.74) is -0.401. The van der Waals surface area contributed by atoms with E-state index < -0.39 is 15.4 Å². The average molecular weight is 362 g/mol. The minimum absolute atomic E-state index is 0.0183. The third-order valence-electron chi connectivity index (χ3n) is 4.92. The van der Waals surface area contributed by atoms with Crippen molar-refractivity contribution >= 4 is 21.6 Å². The van der Waals surface area contributed by atoms with Gasteiger partial charge in [0.1, 0.15) is 5.75 Å². The molecule has 2 fully saturated rings. The summed E-state index contributed by atoms with van der Waals surface area (Å²) in [6.07, 6.45) is 0.670. The molecule has 0 aliphatic carbocycles. The second-order valence-corrected chi connectivity index (χ2v) is 8.48. The quantitative estimate of drug-likeness (QED) is 0.876. The van der Waals surface area contributed by atoms with E-state index in [9.17, 15) is 13.5 Å². The SMILES string of the molecule is COc1ccc(S(=O)(=O)N2C[C@@H]3COCC[C@]3(CO)C2)cc1Cl. The second-order valence-electron chi connectivity index (χ2n) is 6.14. The Bertz CT molecular complexity index is 695. The zero-order valence-electron chi connectivity index (χ0n) is 12.9. The van der Waals surface area contributed by atoms with Crippen LogP contribution in [0.3, 0.4) is 0 Å². The van der Waals surface area contributed by atoms with Crippen LogP contribution in [0.1, 0.15) is 6.42 Å². The number of rotatable bonds is 4. The van der Waals surface area contributed by atoms with Gasteiger partial charge in [0.2, 0.25) is 10.0 Å². The molecule has 2 aliphatic heterocycles. The molecule has 1 aromatic rings. The average Bonchev–Trinajstić information content (AvgIpc) is 2.95. The van der Waals surface area contributed by atoms with Crippen molar-refractivity contribution in [2.75, 3.05) is 40.0 Å². The summed E-state index contributed by atoms with van der Waals surface area (Å²) in [6.45, 7) is 1.67. The Morgan fingerprint density at radius 2 is 2.30 bits per heavy atom. The standard InChI is InChI=1S/C15H20ClNO5S/c1-21-14-3-2-12(6-13(14)16)23(19,20)17-7-11-8-22-5-4-15(11,9-17)10-18/h2-3,6,11,18H,4-5,7-10H2,1H3/t11-,15-/m1/s1. The number of halogens is 1. The van der Waals surface area contributed by atoms with E-state index in [-0.39, 0.29) is 22.4 Å². The predicted molar refractivity (Wildman–Crippen MR) is 85.2 cm³/mol. The van der Waals surface area contributed by atoms with E-state index in [0.29, 0.717) is 38.5 Å². The van der Waals surface area contributed by atoms with Gasteiger partial charge in [-0.15, -0.1) is 0 Å². The lowest BCUT2D eigenvalue weighted by Gasteiger charge is -2.36. The first-order chi connectivity index (χ1) is 10.9. The maximum absolute atomic E-state index is 12.9. The summed E-state index contributed by atoms with van der Waals surface area (Å²) in [5, 5.41) is 10.1. The molecule has 1 aromatic carbocycles. The fraction of sp³-hybridized carbons (Fsp3) is 0.600. The minimum Gasteiger partial charge on any atom is -0.495 e. The van der Waals surface area contributed by atoms with E-state index in [1.807, 2.05) is 0 Å². The molecule has 23 heavy (non-hydrogen) atoms. The number of hydrogen-bond donors (Lipinski definition) is 1. The van der Waals surface area contributed by atoms with E-state index in [4.69, 9.17) is 21.1 Å². The van der Waals surface area contributed by atoms with Crippen molar-refractivity contribution in [2.24, 2.45) is 11.3 Å². The van der Waals surface area contributed by atoms with Crippen molar-refractivity contribution in [2.45, 2.75) is 11.3 Å². The fourth-order valence-corrected chi connectivity index (χ4v) is 5.33. The zero-order valence-corrected chi connectivity index (χ0v) is 14.4. The smallest absolute Gasteiger partial charge is 0.243 e. The topological polar surface area (TPSA) is 76.1 Å². The first-order valence-electron chi connectivity index (χ1n) is 7.45. The fourth-order valence-electron chi connectivity index (χ4n) is 3.40. The number of ether oxygens (including phenoxy) is 2. The Morgan fingerprint density at radius 3 is 2.91 bits per heavy atom. The van der Waals surface area contributed by atoms with Crippen LogP contribution >= 0.6 is 11.6 Å². The first kappa shape index (κ1) is 17.0. The van der Waals surface area contributed by atoms with Crippen molar-refractivity contribution in [1.29, 1.82) is 0 Å². The first-order valence-corrected chi connectivity index (χ1v) is 9.27. The molecular formula is C15H20ClNO5S. The van der Waals surface area contributed by atoms with Gasteiger partial charge in [0.05, 0.1) is 30.2 Å². The van der Waals surface area contributed by atoms with E-state index in [2.05, 4.69) is 0 Å². The summed E-state index contributed by atoms with van der Waals surface area (Å²) in [4.78, 5) is 0.135. The van der Waals surface area contributed by atoms with Gasteiger partial charge in [-0.05, 0) is 24.6 Å². The molecule has 0 aromatic heterocycles. The predicted octanol–water partition coefficient (Wildman–Crippen LogP) is 1.37. The van der Waals surface area contributed by atoms with E-state index in [0.717, 1.165) is 0 Å².